The molecular formula is C14H7F9O. The Morgan fingerprint density at radius 1 is 0.667 bits per heavy atom. The molecule has 0 spiro atoms. The van der Waals surface area contributed by atoms with Gasteiger partial charge in [-0.1, -0.05) is 30.3 Å². The number of phenolic OH excluding ortho intramolecular Hbond substituents is 1. The van der Waals surface area contributed by atoms with Gasteiger partial charge in [0.1, 0.15) is 5.75 Å². The molecule has 1 nitrogen and oxygen atoms in total. The third-order valence-corrected chi connectivity index (χ3v) is 3.38. The lowest BCUT2D eigenvalue weighted by atomic mass is 9.93. The molecule has 0 saturated carbocycles. The van der Waals surface area contributed by atoms with Crippen LogP contribution in [0.5, 0.6) is 5.75 Å². The van der Waals surface area contributed by atoms with E-state index in [9.17, 15) is 44.6 Å². The van der Waals surface area contributed by atoms with Crippen LogP contribution in [0.4, 0.5) is 39.5 Å². The molecule has 0 atom stereocenters. The van der Waals surface area contributed by atoms with E-state index in [2.05, 4.69) is 0 Å². The van der Waals surface area contributed by atoms with Crippen molar-refractivity contribution in [3.05, 3.63) is 42.0 Å². The van der Waals surface area contributed by atoms with Crippen molar-refractivity contribution in [3.8, 4) is 5.75 Å². The highest BCUT2D eigenvalue weighted by Crippen LogP contribution is 2.58. The molecule has 0 aliphatic heterocycles. The fourth-order valence-electron chi connectivity index (χ4n) is 2.05. The van der Waals surface area contributed by atoms with Crippen molar-refractivity contribution in [2.75, 3.05) is 0 Å². The Morgan fingerprint density at radius 3 is 1.75 bits per heavy atom. The Labute approximate surface area is 128 Å². The summed E-state index contributed by atoms with van der Waals surface area (Å²) in [5, 5.41) is 9.37. The highest BCUT2D eigenvalue weighted by atomic mass is 19.4. The first-order chi connectivity index (χ1) is 10.7. The maximum absolute atomic E-state index is 13.9. The van der Waals surface area contributed by atoms with Crippen LogP contribution in [-0.2, 0) is 5.92 Å². The van der Waals surface area contributed by atoms with Gasteiger partial charge in [-0.25, -0.2) is 0 Å². The Bertz CT molecular complexity index is 764. The molecule has 2 aromatic carbocycles. The van der Waals surface area contributed by atoms with E-state index in [0.717, 1.165) is 12.1 Å². The van der Waals surface area contributed by atoms with Crippen molar-refractivity contribution >= 4 is 10.8 Å². The summed E-state index contributed by atoms with van der Waals surface area (Å²) in [6.07, 6.45) is -6.91. The Kier molecular flexibility index (Phi) is 3.93. The Balaban J connectivity index is 2.68. The molecule has 2 rings (SSSR count). The van der Waals surface area contributed by atoms with Crippen molar-refractivity contribution < 1.29 is 44.6 Å². The van der Waals surface area contributed by atoms with Gasteiger partial charge in [-0.2, -0.15) is 39.5 Å². The molecule has 0 aromatic heterocycles. The van der Waals surface area contributed by atoms with Crippen LogP contribution in [0.2, 0.25) is 0 Å². The maximum atomic E-state index is 13.9. The van der Waals surface area contributed by atoms with Crippen LogP contribution in [0.3, 0.4) is 0 Å². The molecule has 24 heavy (non-hydrogen) atoms. The van der Waals surface area contributed by atoms with Crippen LogP contribution < -0.4 is 0 Å². The first kappa shape index (κ1) is 18.2. The molecule has 0 radical (unpaired) electrons. The molecule has 10 heteroatoms. The van der Waals surface area contributed by atoms with Crippen LogP contribution in [0.15, 0.2) is 36.4 Å². The second kappa shape index (κ2) is 5.18. The van der Waals surface area contributed by atoms with Crippen molar-refractivity contribution in [2.45, 2.75) is 23.9 Å². The van der Waals surface area contributed by atoms with E-state index in [-0.39, 0.29) is 11.5 Å². The number of rotatable bonds is 3. The number of alkyl halides is 9. The normalized spacial score (nSPS) is 14.2. The minimum Gasteiger partial charge on any atom is -0.507 e. The average Bonchev–Trinajstić information content (AvgIpc) is 2.46. The van der Waals surface area contributed by atoms with Gasteiger partial charge < -0.3 is 5.11 Å². The SMILES string of the molecule is Oc1c(C(F)(F)C(F)(F)C(F)(F)C(F)(F)F)ccc2ccccc12. The second-order valence-electron chi connectivity index (χ2n) is 4.90. The van der Waals surface area contributed by atoms with E-state index < -0.39 is 40.6 Å². The van der Waals surface area contributed by atoms with Crippen molar-refractivity contribution in [1.29, 1.82) is 0 Å². The monoisotopic (exact) mass is 362 g/mol. The molecule has 132 valence electrons. The number of hydrogen-bond acceptors (Lipinski definition) is 1. The lowest BCUT2D eigenvalue weighted by Crippen LogP contribution is -2.59. The summed E-state index contributed by atoms with van der Waals surface area (Å²) < 4.78 is 117. The third kappa shape index (κ3) is 2.35. The van der Waals surface area contributed by atoms with Crippen LogP contribution in [0, 0.1) is 0 Å². The first-order valence-electron chi connectivity index (χ1n) is 6.16. The number of halogens is 9. The van der Waals surface area contributed by atoms with Gasteiger partial charge in [0.2, 0.25) is 0 Å². The number of fused-ring (bicyclic) bond motifs is 1. The Morgan fingerprint density at radius 2 is 1.21 bits per heavy atom. The standard InChI is InChI=1S/C14H7F9O/c15-11(16,12(17,18)13(19,20)14(21,22)23)9-6-5-7-3-1-2-4-8(7)10(9)24/h1-6,24H. The summed E-state index contributed by atoms with van der Waals surface area (Å²) in [7, 11) is 0. The predicted octanol–water partition coefficient (Wildman–Crippen LogP) is 5.47. The van der Waals surface area contributed by atoms with Gasteiger partial charge in [-0.3, -0.25) is 0 Å². The number of hydrogen-bond donors (Lipinski definition) is 1. The van der Waals surface area contributed by atoms with Crippen LogP contribution in [-0.4, -0.2) is 23.1 Å². The minimum atomic E-state index is -7.01. The summed E-state index contributed by atoms with van der Waals surface area (Å²) in [6.45, 7) is 0. The third-order valence-electron chi connectivity index (χ3n) is 3.38. The minimum absolute atomic E-state index is 0.0976. The molecule has 0 aliphatic rings. The van der Waals surface area contributed by atoms with Crippen LogP contribution >= 0.6 is 0 Å². The van der Waals surface area contributed by atoms with Gasteiger partial charge in [0.25, 0.3) is 0 Å². The zero-order valence-corrected chi connectivity index (χ0v) is 11.3. The zero-order chi connectivity index (χ0) is 18.6. The molecule has 0 aliphatic carbocycles. The lowest BCUT2D eigenvalue weighted by molar-refractivity contribution is -0.399. The molecule has 0 bridgehead atoms. The number of benzene rings is 2. The predicted molar refractivity (Wildman–Crippen MR) is 65.5 cm³/mol. The summed E-state index contributed by atoms with van der Waals surface area (Å²) in [5.41, 5.74) is -2.03. The first-order valence-corrected chi connectivity index (χ1v) is 6.16. The quantitative estimate of drug-likeness (QED) is 0.718. The van der Waals surface area contributed by atoms with E-state index in [0.29, 0.717) is 0 Å². The number of aromatic hydroxyl groups is 1. The van der Waals surface area contributed by atoms with E-state index in [4.69, 9.17) is 0 Å². The summed E-state index contributed by atoms with van der Waals surface area (Å²) >= 11 is 0. The van der Waals surface area contributed by atoms with Gasteiger partial charge in [0.15, 0.2) is 0 Å². The highest BCUT2D eigenvalue weighted by molar-refractivity contribution is 5.89. The summed E-state index contributed by atoms with van der Waals surface area (Å²) in [5.74, 6) is -21.3. The number of phenols is 1. The molecule has 0 saturated heterocycles. The largest absolute Gasteiger partial charge is 0.507 e. The zero-order valence-electron chi connectivity index (χ0n) is 11.3. The Hall–Kier alpha value is -2.13. The van der Waals surface area contributed by atoms with E-state index in [1.165, 1.54) is 18.2 Å². The maximum Gasteiger partial charge on any atom is 0.460 e. The van der Waals surface area contributed by atoms with E-state index >= 15 is 0 Å². The summed E-state index contributed by atoms with van der Waals surface area (Å²) in [6, 6.07) is 5.92. The molecule has 0 unspecified atom stereocenters. The highest BCUT2D eigenvalue weighted by Gasteiger charge is 2.82. The molecule has 1 N–H and O–H groups in total. The van der Waals surface area contributed by atoms with Crippen LogP contribution in [0.1, 0.15) is 5.56 Å². The van der Waals surface area contributed by atoms with Gasteiger partial charge in [-0.05, 0) is 11.5 Å². The van der Waals surface area contributed by atoms with E-state index in [1.807, 2.05) is 0 Å². The van der Waals surface area contributed by atoms with Crippen LogP contribution in [0.25, 0.3) is 10.8 Å². The van der Waals surface area contributed by atoms with Crippen molar-refractivity contribution in [1.82, 2.24) is 0 Å². The van der Waals surface area contributed by atoms with Gasteiger partial charge in [0.05, 0.1) is 5.56 Å². The molecule has 0 amide bonds. The van der Waals surface area contributed by atoms with Crippen molar-refractivity contribution in [2.24, 2.45) is 0 Å². The lowest BCUT2D eigenvalue weighted by Gasteiger charge is -2.34. The summed E-state index contributed by atoms with van der Waals surface area (Å²) in [4.78, 5) is 0. The molecule has 0 fully saturated rings. The fourth-order valence-corrected chi connectivity index (χ4v) is 2.05. The van der Waals surface area contributed by atoms with Gasteiger partial charge >= 0.3 is 23.9 Å². The molecule has 2 aromatic rings. The van der Waals surface area contributed by atoms with E-state index in [1.54, 1.807) is 0 Å². The average molecular weight is 362 g/mol. The van der Waals surface area contributed by atoms with Gasteiger partial charge in [-0.15, -0.1) is 0 Å². The molecular weight excluding hydrogens is 355 g/mol. The molecule has 0 heterocycles. The van der Waals surface area contributed by atoms with Gasteiger partial charge in [0, 0.05) is 5.39 Å². The van der Waals surface area contributed by atoms with Crippen molar-refractivity contribution in [3.63, 3.8) is 0 Å². The topological polar surface area (TPSA) is 20.2 Å². The fraction of sp³-hybridized carbons (Fsp3) is 0.286. The second-order valence-corrected chi connectivity index (χ2v) is 4.90. The smallest absolute Gasteiger partial charge is 0.460 e.